The lowest BCUT2D eigenvalue weighted by atomic mass is 10.2. The average molecular weight is 395 g/mol. The Labute approximate surface area is 168 Å². The van der Waals surface area contributed by atoms with Crippen molar-refractivity contribution in [2.75, 3.05) is 24.8 Å². The van der Waals surface area contributed by atoms with Gasteiger partial charge in [0.25, 0.3) is 0 Å². The van der Waals surface area contributed by atoms with E-state index in [1.165, 1.54) is 11.8 Å². The summed E-state index contributed by atoms with van der Waals surface area (Å²) in [5.74, 6) is 1.65. The molecule has 144 valence electrons. The number of ether oxygens (including phenoxy) is 1. The summed E-state index contributed by atoms with van der Waals surface area (Å²) in [5, 5.41) is 9.29. The molecule has 28 heavy (non-hydrogen) atoms. The number of thioether (sulfide) groups is 1. The number of methoxy groups -OCH3 is 1. The number of hydrogen-bond acceptors (Lipinski definition) is 5. The van der Waals surface area contributed by atoms with Crippen LogP contribution in [0, 0.1) is 0 Å². The van der Waals surface area contributed by atoms with Crippen LogP contribution < -0.4 is 9.64 Å². The number of amides is 1. The van der Waals surface area contributed by atoms with Crippen molar-refractivity contribution < 1.29 is 9.53 Å². The Kier molecular flexibility index (Phi) is 6.49. The number of anilines is 1. The van der Waals surface area contributed by atoms with Crippen molar-refractivity contribution in [1.82, 2.24) is 14.8 Å². The molecular weight excluding hydrogens is 372 g/mol. The van der Waals surface area contributed by atoms with E-state index in [9.17, 15) is 4.79 Å². The van der Waals surface area contributed by atoms with Crippen LogP contribution in [0.2, 0.25) is 0 Å². The summed E-state index contributed by atoms with van der Waals surface area (Å²) in [6.45, 7) is 4.36. The molecule has 0 bridgehead atoms. The normalized spacial score (nSPS) is 10.5. The zero-order valence-electron chi connectivity index (χ0n) is 15.9. The van der Waals surface area contributed by atoms with Gasteiger partial charge >= 0.3 is 0 Å². The maximum Gasteiger partial charge on any atom is 0.237 e. The Balaban J connectivity index is 1.80. The van der Waals surface area contributed by atoms with E-state index < -0.39 is 0 Å². The molecule has 0 saturated heterocycles. The minimum Gasteiger partial charge on any atom is -0.496 e. The van der Waals surface area contributed by atoms with Crippen LogP contribution >= 0.6 is 11.8 Å². The van der Waals surface area contributed by atoms with Gasteiger partial charge in [0.2, 0.25) is 5.91 Å². The Morgan fingerprint density at radius 3 is 2.61 bits per heavy atom. The van der Waals surface area contributed by atoms with Gasteiger partial charge < -0.3 is 9.64 Å². The number of aromatic nitrogens is 3. The molecule has 0 spiro atoms. The molecule has 0 unspecified atom stereocenters. The highest BCUT2D eigenvalue weighted by molar-refractivity contribution is 7.99. The maximum absolute atomic E-state index is 12.6. The van der Waals surface area contributed by atoms with Crippen LogP contribution in [0.15, 0.2) is 72.4 Å². The van der Waals surface area contributed by atoms with E-state index >= 15 is 0 Å². The number of benzene rings is 2. The quantitative estimate of drug-likeness (QED) is 0.428. The van der Waals surface area contributed by atoms with Crippen molar-refractivity contribution in [2.45, 2.75) is 11.7 Å². The number of rotatable bonds is 8. The standard InChI is InChI=1S/C21H22N4O2S/c1-4-14-25-20(17-12-8-9-13-18(17)27-3)22-23-21(25)28-15-19(26)24(2)16-10-6-5-7-11-16/h4-13H,1,14-15H2,2-3H3. The predicted octanol–water partition coefficient (Wildman–Crippen LogP) is 3.89. The van der Waals surface area contributed by atoms with Gasteiger partial charge in [0.05, 0.1) is 18.4 Å². The van der Waals surface area contributed by atoms with Crippen molar-refractivity contribution in [3.8, 4) is 17.1 Å². The fraction of sp³-hybridized carbons (Fsp3) is 0.190. The summed E-state index contributed by atoms with van der Waals surface area (Å²) in [6, 6.07) is 17.2. The summed E-state index contributed by atoms with van der Waals surface area (Å²) in [6.07, 6.45) is 1.78. The lowest BCUT2D eigenvalue weighted by Crippen LogP contribution is -2.27. The van der Waals surface area contributed by atoms with Gasteiger partial charge in [-0.15, -0.1) is 16.8 Å². The second-order valence-corrected chi connectivity index (χ2v) is 6.93. The zero-order chi connectivity index (χ0) is 19.9. The number of carbonyl (C=O) groups is 1. The summed E-state index contributed by atoms with van der Waals surface area (Å²) < 4.78 is 7.38. The summed E-state index contributed by atoms with van der Waals surface area (Å²) in [4.78, 5) is 14.2. The second-order valence-electron chi connectivity index (χ2n) is 5.98. The van der Waals surface area contributed by atoms with Crippen LogP contribution in [0.4, 0.5) is 5.69 Å². The number of carbonyl (C=O) groups excluding carboxylic acids is 1. The minimum absolute atomic E-state index is 0.0109. The highest BCUT2D eigenvalue weighted by Crippen LogP contribution is 2.31. The molecule has 0 saturated carbocycles. The van der Waals surface area contributed by atoms with E-state index in [0.29, 0.717) is 17.5 Å². The Hall–Kier alpha value is -3.06. The van der Waals surface area contributed by atoms with E-state index in [0.717, 1.165) is 17.0 Å². The highest BCUT2D eigenvalue weighted by atomic mass is 32.2. The van der Waals surface area contributed by atoms with Gasteiger partial charge in [-0.2, -0.15) is 0 Å². The van der Waals surface area contributed by atoms with Gasteiger partial charge in [-0.25, -0.2) is 0 Å². The third-order valence-electron chi connectivity index (χ3n) is 4.22. The molecule has 0 atom stereocenters. The smallest absolute Gasteiger partial charge is 0.237 e. The number of para-hydroxylation sites is 2. The molecule has 0 N–H and O–H groups in total. The molecule has 0 aliphatic carbocycles. The van der Waals surface area contributed by atoms with Crippen LogP contribution in [-0.4, -0.2) is 40.6 Å². The molecule has 0 fully saturated rings. The Bertz CT molecular complexity index is 956. The first-order valence-corrected chi connectivity index (χ1v) is 9.76. The third kappa shape index (κ3) is 4.26. The van der Waals surface area contributed by atoms with Gasteiger partial charge in [0, 0.05) is 19.3 Å². The molecule has 1 amide bonds. The van der Waals surface area contributed by atoms with Gasteiger partial charge in [-0.3, -0.25) is 9.36 Å². The summed E-state index contributed by atoms with van der Waals surface area (Å²) in [5.41, 5.74) is 1.70. The van der Waals surface area contributed by atoms with Crippen LogP contribution in [0.3, 0.4) is 0 Å². The zero-order valence-corrected chi connectivity index (χ0v) is 16.7. The fourth-order valence-electron chi connectivity index (χ4n) is 2.74. The molecule has 3 aromatic rings. The van der Waals surface area contributed by atoms with Crippen molar-refractivity contribution in [3.05, 3.63) is 67.3 Å². The molecule has 3 rings (SSSR count). The monoisotopic (exact) mass is 394 g/mol. The SMILES string of the molecule is C=CCn1c(SCC(=O)N(C)c2ccccc2)nnc1-c1ccccc1OC. The van der Waals surface area contributed by atoms with Crippen LogP contribution in [-0.2, 0) is 11.3 Å². The van der Waals surface area contributed by atoms with Crippen LogP contribution in [0.5, 0.6) is 5.75 Å². The maximum atomic E-state index is 12.6. The molecule has 0 radical (unpaired) electrons. The molecular formula is C21H22N4O2S. The lowest BCUT2D eigenvalue weighted by Gasteiger charge is -2.17. The second kappa shape index (κ2) is 9.23. The Morgan fingerprint density at radius 2 is 1.89 bits per heavy atom. The molecule has 2 aromatic carbocycles. The van der Waals surface area contributed by atoms with E-state index in [1.54, 1.807) is 25.1 Å². The molecule has 1 heterocycles. The minimum atomic E-state index is -0.0109. The first-order valence-electron chi connectivity index (χ1n) is 8.77. The Morgan fingerprint density at radius 1 is 1.18 bits per heavy atom. The van der Waals surface area contributed by atoms with Crippen molar-refractivity contribution >= 4 is 23.4 Å². The molecule has 1 aromatic heterocycles. The largest absolute Gasteiger partial charge is 0.496 e. The first kappa shape index (κ1) is 19.7. The van der Waals surface area contributed by atoms with Crippen molar-refractivity contribution in [3.63, 3.8) is 0 Å². The number of hydrogen-bond donors (Lipinski definition) is 0. The molecule has 0 aliphatic rings. The fourth-order valence-corrected chi connectivity index (χ4v) is 3.60. The number of nitrogens with zero attached hydrogens (tertiary/aromatic N) is 4. The van der Waals surface area contributed by atoms with E-state index in [4.69, 9.17) is 4.74 Å². The van der Waals surface area contributed by atoms with Crippen LogP contribution in [0.1, 0.15) is 0 Å². The van der Waals surface area contributed by atoms with E-state index in [1.807, 2.05) is 59.2 Å². The third-order valence-corrected chi connectivity index (χ3v) is 5.17. The highest BCUT2D eigenvalue weighted by Gasteiger charge is 2.18. The van der Waals surface area contributed by atoms with E-state index in [2.05, 4.69) is 16.8 Å². The average Bonchev–Trinajstić information content (AvgIpc) is 3.14. The van der Waals surface area contributed by atoms with Gasteiger partial charge in [-0.05, 0) is 24.3 Å². The summed E-state index contributed by atoms with van der Waals surface area (Å²) >= 11 is 1.36. The molecule has 6 nitrogen and oxygen atoms in total. The van der Waals surface area contributed by atoms with Crippen molar-refractivity contribution in [2.24, 2.45) is 0 Å². The number of allylic oxidation sites excluding steroid dienone is 1. The lowest BCUT2D eigenvalue weighted by molar-refractivity contribution is -0.115. The molecule has 7 heteroatoms. The molecule has 0 aliphatic heterocycles. The summed E-state index contributed by atoms with van der Waals surface area (Å²) in [7, 11) is 3.40. The van der Waals surface area contributed by atoms with Gasteiger partial charge in [-0.1, -0.05) is 48.2 Å². The first-order chi connectivity index (χ1) is 13.7. The van der Waals surface area contributed by atoms with Crippen molar-refractivity contribution in [1.29, 1.82) is 0 Å². The predicted molar refractivity (Wildman–Crippen MR) is 113 cm³/mol. The van der Waals surface area contributed by atoms with Gasteiger partial charge in [0.1, 0.15) is 5.75 Å². The van der Waals surface area contributed by atoms with Crippen LogP contribution in [0.25, 0.3) is 11.4 Å². The van der Waals surface area contributed by atoms with Gasteiger partial charge in [0.15, 0.2) is 11.0 Å². The topological polar surface area (TPSA) is 60.2 Å². The van der Waals surface area contributed by atoms with E-state index in [-0.39, 0.29) is 11.7 Å².